The summed E-state index contributed by atoms with van der Waals surface area (Å²) in [6, 6.07) is 13.7. The lowest BCUT2D eigenvalue weighted by Crippen LogP contribution is -2.51. The van der Waals surface area contributed by atoms with Gasteiger partial charge in [0.05, 0.1) is 19.7 Å². The van der Waals surface area contributed by atoms with E-state index in [4.69, 9.17) is 14.5 Å². The van der Waals surface area contributed by atoms with Gasteiger partial charge in [0.1, 0.15) is 28.8 Å². The Hall–Kier alpha value is -4.01. The topological polar surface area (TPSA) is 76.0 Å². The zero-order valence-corrected chi connectivity index (χ0v) is 20.6. The number of ether oxygens (including phenoxy) is 2. The highest BCUT2D eigenvalue weighted by Gasteiger charge is 2.31. The lowest BCUT2D eigenvalue weighted by atomic mass is 10.0. The number of nitrogens with zero attached hydrogens (tertiary/aromatic N) is 3. The summed E-state index contributed by atoms with van der Waals surface area (Å²) < 4.78 is 38.8. The molecular weight excluding hydrogens is 466 g/mol. The molecule has 188 valence electrons. The van der Waals surface area contributed by atoms with Crippen LogP contribution in [-0.4, -0.2) is 35.7 Å². The quantitative estimate of drug-likeness (QED) is 0.486. The van der Waals surface area contributed by atoms with E-state index in [0.717, 1.165) is 17.3 Å². The second kappa shape index (κ2) is 10.3. The van der Waals surface area contributed by atoms with Gasteiger partial charge in [-0.3, -0.25) is 0 Å². The van der Waals surface area contributed by atoms with Crippen LogP contribution in [0.5, 0.6) is 5.75 Å². The Morgan fingerprint density at radius 3 is 2.44 bits per heavy atom. The third-order valence-electron chi connectivity index (χ3n) is 5.44. The zero-order valence-electron chi connectivity index (χ0n) is 20.6. The molecular formula is C27H28F2N4O3. The first-order valence-electron chi connectivity index (χ1n) is 11.5. The first-order valence-corrected chi connectivity index (χ1v) is 11.5. The largest absolute Gasteiger partial charge is 0.497 e. The number of rotatable bonds is 6. The predicted octanol–water partition coefficient (Wildman–Crippen LogP) is 5.55. The van der Waals surface area contributed by atoms with Crippen LogP contribution in [0.1, 0.15) is 31.9 Å². The summed E-state index contributed by atoms with van der Waals surface area (Å²) in [6.07, 6.45) is 1.04. The maximum absolute atomic E-state index is 14.0. The number of anilines is 1. The maximum Gasteiger partial charge on any atom is 0.408 e. The summed E-state index contributed by atoms with van der Waals surface area (Å²) in [6.45, 7) is 5.70. The van der Waals surface area contributed by atoms with Gasteiger partial charge in [-0.05, 0) is 68.8 Å². The number of pyridine rings is 1. The minimum absolute atomic E-state index is 0.0710. The molecule has 0 bridgehead atoms. The molecule has 1 atom stereocenters. The molecule has 1 aliphatic heterocycles. The average molecular weight is 495 g/mol. The van der Waals surface area contributed by atoms with Crippen molar-refractivity contribution in [1.82, 2.24) is 10.3 Å². The van der Waals surface area contributed by atoms with Gasteiger partial charge in [-0.2, -0.15) is 0 Å². The summed E-state index contributed by atoms with van der Waals surface area (Å²) in [7, 11) is 1.59. The van der Waals surface area contributed by atoms with Crippen molar-refractivity contribution in [3.63, 3.8) is 0 Å². The number of halogens is 2. The minimum Gasteiger partial charge on any atom is -0.497 e. The van der Waals surface area contributed by atoms with E-state index in [-0.39, 0.29) is 6.42 Å². The maximum atomic E-state index is 14.0. The van der Waals surface area contributed by atoms with Gasteiger partial charge in [0.15, 0.2) is 5.82 Å². The van der Waals surface area contributed by atoms with E-state index in [1.165, 1.54) is 12.1 Å². The van der Waals surface area contributed by atoms with Gasteiger partial charge in [0.25, 0.3) is 0 Å². The lowest BCUT2D eigenvalue weighted by molar-refractivity contribution is 0.0517. The van der Waals surface area contributed by atoms with Crippen molar-refractivity contribution in [2.45, 2.75) is 45.4 Å². The van der Waals surface area contributed by atoms with Crippen molar-refractivity contribution < 1.29 is 23.0 Å². The molecule has 0 unspecified atom stereocenters. The van der Waals surface area contributed by atoms with Crippen molar-refractivity contribution in [2.24, 2.45) is 4.99 Å². The first kappa shape index (κ1) is 25.1. The van der Waals surface area contributed by atoms with Gasteiger partial charge in [0.2, 0.25) is 0 Å². The molecule has 2 aromatic carbocycles. The molecule has 9 heteroatoms. The van der Waals surface area contributed by atoms with Gasteiger partial charge in [0, 0.05) is 29.9 Å². The van der Waals surface area contributed by atoms with Gasteiger partial charge in [-0.25, -0.2) is 23.6 Å². The fourth-order valence-corrected chi connectivity index (χ4v) is 3.95. The molecule has 0 spiro atoms. The molecule has 4 rings (SSSR count). The van der Waals surface area contributed by atoms with Crippen LogP contribution in [-0.2, 0) is 17.7 Å². The molecule has 36 heavy (non-hydrogen) atoms. The summed E-state index contributed by atoms with van der Waals surface area (Å²) in [4.78, 5) is 23.9. The summed E-state index contributed by atoms with van der Waals surface area (Å²) >= 11 is 0. The third-order valence-corrected chi connectivity index (χ3v) is 5.44. The number of fused-ring (bicyclic) bond motifs is 1. The van der Waals surface area contributed by atoms with Gasteiger partial charge in [-0.15, -0.1) is 0 Å². The van der Waals surface area contributed by atoms with E-state index < -0.39 is 29.4 Å². The molecule has 0 saturated heterocycles. The number of aromatic nitrogens is 1. The number of nitrogens with one attached hydrogen (secondary N) is 1. The predicted molar refractivity (Wildman–Crippen MR) is 134 cm³/mol. The van der Waals surface area contributed by atoms with E-state index in [1.54, 1.807) is 34.1 Å². The fourth-order valence-electron chi connectivity index (χ4n) is 3.95. The van der Waals surface area contributed by atoms with Crippen LogP contribution < -0.4 is 15.0 Å². The second-order valence-corrected chi connectivity index (χ2v) is 9.42. The number of aliphatic imine (C=N–C) groups is 1. The number of amides is 1. The molecule has 0 fully saturated rings. The SMILES string of the molecule is COc1ccc(N2Cc3cccnc3N=C2[C@H](Cc2cc(F)cc(F)c2)NC(=O)OC(C)(C)C)cc1. The molecule has 0 radical (unpaired) electrons. The molecule has 2 heterocycles. The Morgan fingerprint density at radius 2 is 1.81 bits per heavy atom. The summed E-state index contributed by atoms with van der Waals surface area (Å²) in [5.74, 6) is 0.256. The van der Waals surface area contributed by atoms with Crippen molar-refractivity contribution in [2.75, 3.05) is 12.0 Å². The molecule has 1 aromatic heterocycles. The molecule has 0 aliphatic carbocycles. The van der Waals surface area contributed by atoms with Crippen LogP contribution in [0.15, 0.2) is 65.8 Å². The molecule has 1 amide bonds. The Balaban J connectivity index is 1.78. The van der Waals surface area contributed by atoms with E-state index in [1.807, 2.05) is 41.3 Å². The number of benzene rings is 2. The lowest BCUT2D eigenvalue weighted by Gasteiger charge is -2.35. The number of carbonyl (C=O) groups is 1. The van der Waals surface area contributed by atoms with Crippen LogP contribution in [0.25, 0.3) is 0 Å². The minimum atomic E-state index is -0.779. The zero-order chi connectivity index (χ0) is 25.9. The smallest absolute Gasteiger partial charge is 0.408 e. The monoisotopic (exact) mass is 494 g/mol. The van der Waals surface area contributed by atoms with Crippen LogP contribution in [0, 0.1) is 11.6 Å². The van der Waals surface area contributed by atoms with Gasteiger partial charge >= 0.3 is 6.09 Å². The van der Waals surface area contributed by atoms with Crippen LogP contribution in [0.2, 0.25) is 0 Å². The van der Waals surface area contributed by atoms with E-state index in [0.29, 0.717) is 29.5 Å². The van der Waals surface area contributed by atoms with Gasteiger partial charge in [-0.1, -0.05) is 6.07 Å². The molecule has 1 aliphatic rings. The highest BCUT2D eigenvalue weighted by molar-refractivity contribution is 6.05. The Labute approximate surface area is 208 Å². The number of alkyl carbamates (subject to hydrolysis) is 1. The van der Waals surface area contributed by atoms with Gasteiger partial charge < -0.3 is 19.7 Å². The van der Waals surface area contributed by atoms with E-state index >= 15 is 0 Å². The first-order chi connectivity index (χ1) is 17.1. The third kappa shape index (κ3) is 6.16. The average Bonchev–Trinajstić information content (AvgIpc) is 2.81. The van der Waals surface area contributed by atoms with Crippen LogP contribution in [0.3, 0.4) is 0 Å². The van der Waals surface area contributed by atoms with E-state index in [2.05, 4.69) is 10.3 Å². The fraction of sp³-hybridized carbons (Fsp3) is 0.296. The Bertz CT molecular complexity index is 1250. The number of hydrogen-bond acceptors (Lipinski definition) is 6. The number of hydrogen-bond donors (Lipinski definition) is 1. The standard InChI is InChI=1S/C27H28F2N4O3/c1-27(2,3)36-26(34)31-23(14-17-12-19(28)15-20(29)13-17)25-32-24-18(6-5-11-30-24)16-33(25)21-7-9-22(35-4)10-8-21/h5-13,15,23H,14,16H2,1-4H3,(H,31,34)/t23-/m0/s1. The second-order valence-electron chi connectivity index (χ2n) is 9.42. The number of methoxy groups -OCH3 is 1. The van der Waals surface area contributed by atoms with Crippen LogP contribution in [0.4, 0.5) is 25.1 Å². The van der Waals surface area contributed by atoms with Crippen molar-refractivity contribution in [3.8, 4) is 5.75 Å². The number of amidine groups is 1. The van der Waals surface area contributed by atoms with Crippen molar-refractivity contribution >= 4 is 23.4 Å². The Kier molecular flexibility index (Phi) is 7.19. The summed E-state index contributed by atoms with van der Waals surface area (Å²) in [5, 5.41) is 2.85. The molecule has 0 saturated carbocycles. The van der Waals surface area contributed by atoms with Crippen LogP contribution >= 0.6 is 0 Å². The highest BCUT2D eigenvalue weighted by Crippen LogP contribution is 2.30. The normalized spacial score (nSPS) is 13.9. The number of carbonyl (C=O) groups excluding carboxylic acids is 1. The van der Waals surface area contributed by atoms with E-state index in [9.17, 15) is 13.6 Å². The highest BCUT2D eigenvalue weighted by atomic mass is 19.1. The molecule has 1 N–H and O–H groups in total. The summed E-state index contributed by atoms with van der Waals surface area (Å²) in [5.41, 5.74) is 1.31. The molecule has 7 nitrogen and oxygen atoms in total. The molecule has 3 aromatic rings. The van der Waals surface area contributed by atoms with Crippen molar-refractivity contribution in [3.05, 3.63) is 83.6 Å². The van der Waals surface area contributed by atoms with Crippen molar-refractivity contribution in [1.29, 1.82) is 0 Å². The Morgan fingerprint density at radius 1 is 1.11 bits per heavy atom.